The van der Waals surface area contributed by atoms with E-state index >= 15 is 0 Å². The Labute approximate surface area is 160 Å². The van der Waals surface area contributed by atoms with Gasteiger partial charge in [0.2, 0.25) is 0 Å². The lowest BCUT2D eigenvalue weighted by Crippen LogP contribution is -2.51. The maximum Gasteiger partial charge on any atom is 0.435 e. The highest BCUT2D eigenvalue weighted by atomic mass is 19.4. The number of carbonyl (C=O) groups is 1. The largest absolute Gasteiger partial charge is 0.435 e. The van der Waals surface area contributed by atoms with E-state index in [1.807, 2.05) is 4.90 Å². The molecular weight excluding hydrogens is 375 g/mol. The molecule has 2 amide bonds. The second-order valence-electron chi connectivity index (χ2n) is 6.72. The maximum atomic E-state index is 13.6. The number of anilines is 1. The Morgan fingerprint density at radius 1 is 1.21 bits per heavy atom. The van der Waals surface area contributed by atoms with Crippen LogP contribution in [-0.2, 0) is 6.18 Å². The van der Waals surface area contributed by atoms with E-state index in [0.29, 0.717) is 32.7 Å². The van der Waals surface area contributed by atoms with Crippen LogP contribution in [0.2, 0.25) is 0 Å². The van der Waals surface area contributed by atoms with E-state index in [1.54, 1.807) is 25.1 Å². The molecule has 1 atom stereocenters. The van der Waals surface area contributed by atoms with E-state index in [2.05, 4.69) is 10.4 Å². The number of amides is 2. The van der Waals surface area contributed by atoms with Crippen LogP contribution < -0.4 is 5.32 Å². The van der Waals surface area contributed by atoms with Crippen molar-refractivity contribution in [2.24, 2.45) is 0 Å². The fraction of sp³-hybridized carbons (Fsp3) is 0.444. The first-order chi connectivity index (χ1) is 13.3. The average molecular weight is 397 g/mol. The van der Waals surface area contributed by atoms with Crippen LogP contribution >= 0.6 is 0 Å². The van der Waals surface area contributed by atoms with Gasteiger partial charge >= 0.3 is 12.2 Å². The second kappa shape index (κ2) is 8.19. The van der Waals surface area contributed by atoms with Gasteiger partial charge in [-0.3, -0.25) is 4.90 Å². The SMILES string of the molecule is C[C@H](O)CN1CCN(C(=O)Nc2cnn(-c3ccccc3)c2C(F)(F)F)CC1. The lowest BCUT2D eigenvalue weighted by atomic mass is 10.2. The second-order valence-corrected chi connectivity index (χ2v) is 6.72. The van der Waals surface area contributed by atoms with Crippen molar-refractivity contribution in [1.82, 2.24) is 19.6 Å². The molecule has 0 bridgehead atoms. The van der Waals surface area contributed by atoms with Crippen molar-refractivity contribution in [3.8, 4) is 5.69 Å². The highest BCUT2D eigenvalue weighted by Crippen LogP contribution is 2.36. The monoisotopic (exact) mass is 397 g/mol. The number of aromatic nitrogens is 2. The molecule has 2 heterocycles. The van der Waals surface area contributed by atoms with Crippen LogP contribution in [0, 0.1) is 0 Å². The van der Waals surface area contributed by atoms with Gasteiger partial charge in [0.05, 0.1) is 23.7 Å². The summed E-state index contributed by atoms with van der Waals surface area (Å²) in [6.45, 7) is 4.01. The Kier molecular flexibility index (Phi) is 5.90. The zero-order valence-corrected chi connectivity index (χ0v) is 15.4. The topological polar surface area (TPSA) is 73.6 Å². The number of hydrogen-bond donors (Lipinski definition) is 2. The molecule has 7 nitrogen and oxygen atoms in total. The summed E-state index contributed by atoms with van der Waals surface area (Å²) in [6.07, 6.45) is -4.15. The molecule has 0 radical (unpaired) electrons. The standard InChI is InChI=1S/C18H22F3N5O2/c1-13(27)12-24-7-9-25(10-8-24)17(28)23-15-11-22-26(16(15)18(19,20)21)14-5-3-2-4-6-14/h2-6,11,13,27H,7-10,12H2,1H3,(H,23,28)/t13-/m0/s1. The Hall–Kier alpha value is -2.59. The van der Waals surface area contributed by atoms with Gasteiger partial charge in [0, 0.05) is 32.7 Å². The summed E-state index contributed by atoms with van der Waals surface area (Å²) in [5.41, 5.74) is -1.16. The van der Waals surface area contributed by atoms with Gasteiger partial charge in [-0.1, -0.05) is 18.2 Å². The molecule has 1 aromatic heterocycles. The third-order valence-electron chi connectivity index (χ3n) is 4.46. The Bertz CT molecular complexity index is 799. The lowest BCUT2D eigenvalue weighted by Gasteiger charge is -2.35. The fourth-order valence-electron chi connectivity index (χ4n) is 3.18. The van der Waals surface area contributed by atoms with Crippen molar-refractivity contribution >= 4 is 11.7 Å². The molecule has 2 N–H and O–H groups in total. The molecule has 0 unspecified atom stereocenters. The van der Waals surface area contributed by atoms with Crippen LogP contribution in [0.25, 0.3) is 5.69 Å². The van der Waals surface area contributed by atoms with Crippen LogP contribution in [0.15, 0.2) is 36.5 Å². The number of benzene rings is 1. The van der Waals surface area contributed by atoms with Crippen LogP contribution in [0.4, 0.5) is 23.7 Å². The number of piperazine rings is 1. The van der Waals surface area contributed by atoms with Gasteiger partial charge in [-0.2, -0.15) is 18.3 Å². The van der Waals surface area contributed by atoms with Crippen molar-refractivity contribution in [1.29, 1.82) is 0 Å². The molecule has 3 rings (SSSR count). The number of carbonyl (C=O) groups excluding carboxylic acids is 1. The van der Waals surface area contributed by atoms with Gasteiger partial charge in [0.25, 0.3) is 0 Å². The number of nitrogens with zero attached hydrogens (tertiary/aromatic N) is 4. The number of para-hydroxylation sites is 1. The predicted octanol–water partition coefficient (Wildman–Crippen LogP) is 2.42. The van der Waals surface area contributed by atoms with Crippen molar-refractivity contribution in [3.63, 3.8) is 0 Å². The summed E-state index contributed by atoms with van der Waals surface area (Å²) in [7, 11) is 0. The van der Waals surface area contributed by atoms with Crippen LogP contribution in [-0.4, -0.2) is 69.5 Å². The number of urea groups is 1. The summed E-state index contributed by atoms with van der Waals surface area (Å²) in [5, 5.41) is 15.6. The zero-order chi connectivity index (χ0) is 20.3. The smallest absolute Gasteiger partial charge is 0.392 e. The lowest BCUT2D eigenvalue weighted by molar-refractivity contribution is -0.142. The molecule has 0 saturated carbocycles. The minimum atomic E-state index is -4.69. The van der Waals surface area contributed by atoms with Gasteiger partial charge in [-0.25, -0.2) is 9.48 Å². The number of hydrogen-bond acceptors (Lipinski definition) is 4. The molecular formula is C18H22F3N5O2. The molecule has 0 spiro atoms. The summed E-state index contributed by atoms with van der Waals surface area (Å²) >= 11 is 0. The fourth-order valence-corrected chi connectivity index (χ4v) is 3.18. The quantitative estimate of drug-likeness (QED) is 0.831. The normalized spacial score (nSPS) is 16.8. The van der Waals surface area contributed by atoms with E-state index in [0.717, 1.165) is 10.9 Å². The van der Waals surface area contributed by atoms with E-state index in [1.165, 1.54) is 17.0 Å². The minimum absolute atomic E-state index is 0.252. The number of rotatable bonds is 4. The van der Waals surface area contributed by atoms with Crippen LogP contribution in [0.3, 0.4) is 0 Å². The van der Waals surface area contributed by atoms with Crippen molar-refractivity contribution in [3.05, 3.63) is 42.2 Å². The highest BCUT2D eigenvalue weighted by molar-refractivity contribution is 5.90. The molecule has 2 aromatic rings. The van der Waals surface area contributed by atoms with Crippen molar-refractivity contribution in [2.45, 2.75) is 19.2 Å². The van der Waals surface area contributed by atoms with Crippen molar-refractivity contribution in [2.75, 3.05) is 38.0 Å². The Morgan fingerprint density at radius 2 is 1.86 bits per heavy atom. The first-order valence-electron chi connectivity index (χ1n) is 8.92. The van der Waals surface area contributed by atoms with Gasteiger partial charge < -0.3 is 15.3 Å². The molecule has 1 aromatic carbocycles. The van der Waals surface area contributed by atoms with Crippen LogP contribution in [0.5, 0.6) is 0 Å². The maximum absolute atomic E-state index is 13.6. The number of nitrogens with one attached hydrogen (secondary N) is 1. The molecule has 0 aliphatic carbocycles. The van der Waals surface area contributed by atoms with E-state index in [4.69, 9.17) is 0 Å². The minimum Gasteiger partial charge on any atom is -0.392 e. The van der Waals surface area contributed by atoms with Crippen molar-refractivity contribution < 1.29 is 23.1 Å². The van der Waals surface area contributed by atoms with Gasteiger partial charge in [-0.15, -0.1) is 0 Å². The molecule has 1 saturated heterocycles. The summed E-state index contributed by atoms with van der Waals surface area (Å²) in [5.74, 6) is 0. The third kappa shape index (κ3) is 4.63. The predicted molar refractivity (Wildman–Crippen MR) is 97.3 cm³/mol. The Balaban J connectivity index is 1.74. The number of aliphatic hydroxyl groups is 1. The van der Waals surface area contributed by atoms with Gasteiger partial charge in [-0.05, 0) is 19.1 Å². The summed E-state index contributed by atoms with van der Waals surface area (Å²) < 4.78 is 41.7. The molecule has 1 aliphatic rings. The average Bonchev–Trinajstić information content (AvgIpc) is 3.06. The number of halogens is 3. The van der Waals surface area contributed by atoms with E-state index < -0.39 is 24.0 Å². The first kappa shape index (κ1) is 20.2. The third-order valence-corrected chi connectivity index (χ3v) is 4.46. The summed E-state index contributed by atoms with van der Waals surface area (Å²) in [4.78, 5) is 15.9. The molecule has 152 valence electrons. The number of β-amino-alcohol motifs (C(OH)–C–C–N with tert-alkyl or cyclic N) is 1. The molecule has 1 fully saturated rings. The first-order valence-corrected chi connectivity index (χ1v) is 8.92. The Morgan fingerprint density at radius 3 is 2.43 bits per heavy atom. The molecule has 28 heavy (non-hydrogen) atoms. The number of alkyl halides is 3. The highest BCUT2D eigenvalue weighted by Gasteiger charge is 2.39. The van der Waals surface area contributed by atoms with Gasteiger partial charge in [0.1, 0.15) is 0 Å². The number of aliphatic hydroxyl groups excluding tert-OH is 1. The molecule has 1 aliphatic heterocycles. The summed E-state index contributed by atoms with van der Waals surface area (Å²) in [6, 6.07) is 7.34. The van der Waals surface area contributed by atoms with Gasteiger partial charge in [0.15, 0.2) is 5.69 Å². The van der Waals surface area contributed by atoms with Crippen LogP contribution in [0.1, 0.15) is 12.6 Å². The zero-order valence-electron chi connectivity index (χ0n) is 15.4. The van der Waals surface area contributed by atoms with E-state index in [9.17, 15) is 23.1 Å². The van der Waals surface area contributed by atoms with E-state index in [-0.39, 0.29) is 11.4 Å². The molecule has 10 heteroatoms.